The van der Waals surface area contributed by atoms with Crippen molar-refractivity contribution in [2.75, 3.05) is 20.4 Å². The number of nitrogens with one attached hydrogen (secondary N) is 1. The van der Waals surface area contributed by atoms with Gasteiger partial charge in [-0.1, -0.05) is 24.1 Å². The summed E-state index contributed by atoms with van der Waals surface area (Å²) in [4.78, 5) is 12.6. The van der Waals surface area contributed by atoms with Crippen LogP contribution in [0.2, 0.25) is 0 Å². The minimum Gasteiger partial charge on any atom is -0.493 e. The van der Waals surface area contributed by atoms with Crippen molar-refractivity contribution in [2.24, 2.45) is 11.8 Å². The highest BCUT2D eigenvalue weighted by Gasteiger charge is 2.47. The number of fused-ring (bicyclic) bond motifs is 1. The third-order valence-corrected chi connectivity index (χ3v) is 6.83. The summed E-state index contributed by atoms with van der Waals surface area (Å²) in [6, 6.07) is 0.267. The van der Waals surface area contributed by atoms with Crippen molar-refractivity contribution in [1.82, 2.24) is 9.62 Å². The molecule has 0 aromatic carbocycles. The zero-order valence-corrected chi connectivity index (χ0v) is 16.2. The zero-order chi connectivity index (χ0) is 18.1. The largest absolute Gasteiger partial charge is 0.493 e. The van der Waals surface area contributed by atoms with Gasteiger partial charge in [-0.3, -0.25) is 4.79 Å². The Morgan fingerprint density at radius 2 is 2.04 bits per heavy atom. The van der Waals surface area contributed by atoms with Crippen LogP contribution in [0.15, 0.2) is 23.5 Å². The number of halogens is 1. The Balaban J connectivity index is 1.85. The van der Waals surface area contributed by atoms with E-state index in [1.165, 1.54) is 0 Å². The number of hydrogen-bond donors (Lipinski definition) is 1. The number of amides is 1. The molecule has 3 unspecified atom stereocenters. The van der Waals surface area contributed by atoms with Gasteiger partial charge in [0.2, 0.25) is 0 Å². The fourth-order valence-corrected chi connectivity index (χ4v) is 5.00. The highest BCUT2D eigenvalue weighted by atomic mass is 32.2. The quantitative estimate of drug-likeness (QED) is 0.609. The Labute approximate surface area is 154 Å². The van der Waals surface area contributed by atoms with E-state index >= 15 is 0 Å². The number of hydrogen-bond acceptors (Lipinski definition) is 4. The molecule has 140 valence electrons. The summed E-state index contributed by atoms with van der Waals surface area (Å²) in [5.74, 6) is 1.04. The van der Waals surface area contributed by atoms with Gasteiger partial charge in [0.15, 0.2) is 0 Å². The number of carbonyl (C=O) groups is 1. The molecule has 1 aliphatic heterocycles. The molecule has 0 spiro atoms. The van der Waals surface area contributed by atoms with E-state index in [9.17, 15) is 9.18 Å². The first kappa shape index (κ1) is 18.8. The normalized spacial score (nSPS) is 35.6. The molecule has 0 aromatic heterocycles. The first-order chi connectivity index (χ1) is 12.0. The van der Waals surface area contributed by atoms with Crippen LogP contribution in [0.4, 0.5) is 4.39 Å². The van der Waals surface area contributed by atoms with E-state index in [1.807, 2.05) is 0 Å². The monoisotopic (exact) mass is 368 g/mol. The van der Waals surface area contributed by atoms with Crippen LogP contribution in [0.5, 0.6) is 0 Å². The van der Waals surface area contributed by atoms with Crippen LogP contribution in [-0.4, -0.2) is 48.9 Å². The second-order valence-corrected chi connectivity index (χ2v) is 8.35. The summed E-state index contributed by atoms with van der Waals surface area (Å²) < 4.78 is 22.1. The molecule has 3 aliphatic rings. The van der Waals surface area contributed by atoms with Crippen LogP contribution < -0.4 is 5.32 Å². The highest BCUT2D eigenvalue weighted by Crippen LogP contribution is 2.48. The number of ether oxygens (including phenoxy) is 1. The lowest BCUT2D eigenvalue weighted by atomic mass is 9.76. The van der Waals surface area contributed by atoms with Crippen LogP contribution in [0.25, 0.3) is 0 Å². The summed E-state index contributed by atoms with van der Waals surface area (Å²) in [6.07, 6.45) is 5.69. The first-order valence-corrected chi connectivity index (χ1v) is 10.4. The minimum atomic E-state index is -0.705. The lowest BCUT2D eigenvalue weighted by Gasteiger charge is -2.37. The topological polar surface area (TPSA) is 41.6 Å². The van der Waals surface area contributed by atoms with Gasteiger partial charge in [0.1, 0.15) is 18.0 Å². The van der Waals surface area contributed by atoms with Crippen LogP contribution in [0.1, 0.15) is 38.5 Å². The van der Waals surface area contributed by atoms with Crippen LogP contribution >= 0.6 is 11.9 Å². The van der Waals surface area contributed by atoms with Gasteiger partial charge in [-0.25, -0.2) is 8.70 Å². The predicted molar refractivity (Wildman–Crippen MR) is 99.7 cm³/mol. The average molecular weight is 369 g/mol. The number of allylic oxidation sites excluding steroid dienone is 1. The molecule has 1 heterocycles. The second kappa shape index (κ2) is 7.70. The highest BCUT2D eigenvalue weighted by molar-refractivity contribution is 7.96. The van der Waals surface area contributed by atoms with Gasteiger partial charge in [0, 0.05) is 31.3 Å². The van der Waals surface area contributed by atoms with E-state index in [0.717, 1.165) is 42.6 Å². The molecule has 1 amide bonds. The van der Waals surface area contributed by atoms with E-state index < -0.39 is 6.17 Å². The molecule has 6 heteroatoms. The number of rotatable bonds is 4. The summed E-state index contributed by atoms with van der Waals surface area (Å²) >= 11 is 1.69. The second-order valence-electron chi connectivity index (χ2n) is 7.41. The van der Waals surface area contributed by atoms with E-state index in [1.54, 1.807) is 19.0 Å². The van der Waals surface area contributed by atoms with Crippen LogP contribution in [0.3, 0.4) is 0 Å². The van der Waals surface area contributed by atoms with Crippen molar-refractivity contribution >= 4 is 17.9 Å². The first-order valence-electron chi connectivity index (χ1n) is 9.17. The maximum atomic E-state index is 13.5. The average Bonchev–Trinajstić information content (AvgIpc) is 2.98. The van der Waals surface area contributed by atoms with Gasteiger partial charge in [0.25, 0.3) is 5.91 Å². The summed E-state index contributed by atoms with van der Waals surface area (Å²) in [6.45, 7) is 4.28. The SMILES string of the molecule is C=C1CC2C(C(=O)NC)=C(C3CCC(F)CC3)OC2CC1N(C)SC. The number of nitrogens with zero attached hydrogens (tertiary/aromatic N) is 1. The van der Waals surface area contributed by atoms with Gasteiger partial charge in [-0.05, 0) is 45.4 Å². The van der Waals surface area contributed by atoms with Gasteiger partial charge in [-0.15, -0.1) is 0 Å². The molecule has 2 saturated carbocycles. The fraction of sp³-hybridized carbons (Fsp3) is 0.737. The van der Waals surface area contributed by atoms with Gasteiger partial charge in [0.05, 0.1) is 5.57 Å². The molecule has 25 heavy (non-hydrogen) atoms. The fourth-order valence-electron chi connectivity index (χ4n) is 4.51. The van der Waals surface area contributed by atoms with Gasteiger partial charge in [-0.2, -0.15) is 0 Å². The lowest BCUT2D eigenvalue weighted by molar-refractivity contribution is -0.117. The Kier molecular flexibility index (Phi) is 5.78. The smallest absolute Gasteiger partial charge is 0.250 e. The maximum absolute atomic E-state index is 13.5. The standard InChI is InChI=1S/C19H29FN2O2S/c1-11-9-14-16(10-15(11)22(3)25-4)24-18(17(14)19(23)21-2)12-5-7-13(20)8-6-12/h12-16H,1,5-10H2,2-4H3,(H,21,23). The summed E-state index contributed by atoms with van der Waals surface area (Å²) in [5.41, 5.74) is 1.96. The van der Waals surface area contributed by atoms with E-state index in [0.29, 0.717) is 12.8 Å². The lowest BCUT2D eigenvalue weighted by Crippen LogP contribution is -2.40. The molecule has 0 radical (unpaired) electrons. The van der Waals surface area contributed by atoms with Crippen molar-refractivity contribution in [3.63, 3.8) is 0 Å². The summed E-state index contributed by atoms with van der Waals surface area (Å²) in [5, 5.41) is 2.78. The van der Waals surface area contributed by atoms with Crippen LogP contribution in [0, 0.1) is 11.8 Å². The minimum absolute atomic E-state index is 0.0236. The van der Waals surface area contributed by atoms with Crippen molar-refractivity contribution in [3.05, 3.63) is 23.5 Å². The molecule has 2 aliphatic carbocycles. The van der Waals surface area contributed by atoms with E-state index in [2.05, 4.69) is 29.5 Å². The molecule has 3 atom stereocenters. The molecule has 1 N–H and O–H groups in total. The molecule has 0 bridgehead atoms. The molecule has 3 rings (SSSR count). The summed E-state index contributed by atoms with van der Waals surface area (Å²) in [7, 11) is 3.74. The van der Waals surface area contributed by atoms with E-state index in [-0.39, 0.29) is 29.9 Å². The third-order valence-electron chi connectivity index (χ3n) is 6.00. The predicted octanol–water partition coefficient (Wildman–Crippen LogP) is 3.46. The molecular formula is C19H29FN2O2S. The molecule has 0 aromatic rings. The molecule has 2 fully saturated rings. The Bertz CT molecular complexity index is 572. The van der Waals surface area contributed by atoms with Crippen molar-refractivity contribution < 1.29 is 13.9 Å². The van der Waals surface area contributed by atoms with E-state index in [4.69, 9.17) is 4.74 Å². The molecule has 4 nitrogen and oxygen atoms in total. The van der Waals surface area contributed by atoms with Gasteiger partial charge >= 0.3 is 0 Å². The number of likely N-dealkylation sites (N-methyl/N-ethyl adjacent to an activating group) is 2. The Hall–Kier alpha value is -1.01. The molecular weight excluding hydrogens is 339 g/mol. The van der Waals surface area contributed by atoms with Gasteiger partial charge < -0.3 is 10.1 Å². The van der Waals surface area contributed by atoms with Crippen molar-refractivity contribution in [3.8, 4) is 0 Å². The Morgan fingerprint density at radius 1 is 1.36 bits per heavy atom. The number of carbonyl (C=O) groups excluding carboxylic acids is 1. The Morgan fingerprint density at radius 3 is 2.64 bits per heavy atom. The molecule has 0 saturated heterocycles. The maximum Gasteiger partial charge on any atom is 0.250 e. The van der Waals surface area contributed by atoms with Crippen molar-refractivity contribution in [1.29, 1.82) is 0 Å². The van der Waals surface area contributed by atoms with Crippen molar-refractivity contribution in [2.45, 2.75) is 56.8 Å². The van der Waals surface area contributed by atoms with Crippen LogP contribution in [-0.2, 0) is 9.53 Å². The number of alkyl halides is 1. The third kappa shape index (κ3) is 3.61. The zero-order valence-electron chi connectivity index (χ0n) is 15.4.